The minimum absolute atomic E-state index is 0.152. The monoisotopic (exact) mass is 252 g/mol. The highest BCUT2D eigenvalue weighted by atomic mass is 32.2. The van der Waals surface area contributed by atoms with Crippen LogP contribution in [0.4, 0.5) is 0 Å². The van der Waals surface area contributed by atoms with Crippen LogP contribution in [-0.4, -0.2) is 38.7 Å². The van der Waals surface area contributed by atoms with Crippen LogP contribution in [0.5, 0.6) is 0 Å². The number of carbonyl (C=O) groups is 2. The summed E-state index contributed by atoms with van der Waals surface area (Å²) in [6.07, 6.45) is 1.64. The second-order valence-corrected chi connectivity index (χ2v) is 4.80. The van der Waals surface area contributed by atoms with Gasteiger partial charge in [-0.2, -0.15) is 0 Å². The smallest absolute Gasteiger partial charge is 0.326 e. The Labute approximate surface area is 103 Å². The number of aliphatic carboxylic acids is 1. The number of hydrogen-bond donors (Lipinski definition) is 1. The van der Waals surface area contributed by atoms with E-state index in [1.807, 2.05) is 6.07 Å². The van der Waals surface area contributed by atoms with Crippen LogP contribution >= 0.6 is 11.8 Å². The lowest BCUT2D eigenvalue weighted by Crippen LogP contribution is -2.41. The molecule has 90 valence electrons. The van der Waals surface area contributed by atoms with E-state index in [2.05, 4.69) is 4.98 Å². The lowest BCUT2D eigenvalue weighted by molar-refractivity contribution is -0.148. The van der Waals surface area contributed by atoms with Crippen LogP contribution < -0.4 is 0 Å². The number of rotatable bonds is 3. The van der Waals surface area contributed by atoms with Crippen LogP contribution in [0.3, 0.4) is 0 Å². The summed E-state index contributed by atoms with van der Waals surface area (Å²) in [5.41, 5.74) is 0.719. The third kappa shape index (κ3) is 2.26. The Morgan fingerprint density at radius 2 is 2.41 bits per heavy atom. The summed E-state index contributed by atoms with van der Waals surface area (Å²) in [6, 6.07) is 4.59. The predicted octanol–water partition coefficient (Wildman–Crippen LogP) is 1.13. The zero-order valence-corrected chi connectivity index (χ0v) is 10.1. The van der Waals surface area contributed by atoms with Gasteiger partial charge in [-0.15, -0.1) is 11.8 Å². The van der Waals surface area contributed by atoms with Gasteiger partial charge in [0.15, 0.2) is 0 Å². The molecule has 0 bridgehead atoms. The summed E-state index contributed by atoms with van der Waals surface area (Å²) in [5, 5.41) is 8.70. The molecule has 6 heteroatoms. The summed E-state index contributed by atoms with van der Waals surface area (Å²) in [5.74, 6) is -0.846. The van der Waals surface area contributed by atoms with Gasteiger partial charge in [-0.05, 0) is 19.1 Å². The number of hydrogen-bond acceptors (Lipinski definition) is 4. The third-order valence-electron chi connectivity index (χ3n) is 2.62. The fourth-order valence-electron chi connectivity index (χ4n) is 1.72. The maximum absolute atomic E-state index is 11.7. The number of carboxylic acid groups (broad SMARTS) is 1. The van der Waals surface area contributed by atoms with Crippen molar-refractivity contribution in [1.29, 1.82) is 0 Å². The fraction of sp³-hybridized carbons (Fsp3) is 0.364. The Kier molecular flexibility index (Phi) is 3.33. The van der Waals surface area contributed by atoms with Crippen molar-refractivity contribution in [2.24, 2.45) is 0 Å². The lowest BCUT2D eigenvalue weighted by atomic mass is 10.2. The molecule has 1 aliphatic heterocycles. The molecule has 2 heterocycles. The molecule has 0 aliphatic carbocycles. The van der Waals surface area contributed by atoms with Gasteiger partial charge >= 0.3 is 5.97 Å². The van der Waals surface area contributed by atoms with Gasteiger partial charge in [-0.1, -0.05) is 6.07 Å². The average molecular weight is 252 g/mol. The van der Waals surface area contributed by atoms with Gasteiger partial charge in [-0.3, -0.25) is 9.78 Å². The number of amides is 1. The molecule has 1 N–H and O–H groups in total. The highest BCUT2D eigenvalue weighted by molar-refractivity contribution is 8.00. The van der Waals surface area contributed by atoms with Crippen molar-refractivity contribution in [3.63, 3.8) is 0 Å². The van der Waals surface area contributed by atoms with Crippen LogP contribution in [-0.2, 0) is 9.59 Å². The van der Waals surface area contributed by atoms with E-state index in [0.29, 0.717) is 5.75 Å². The van der Waals surface area contributed by atoms with Gasteiger partial charge in [0.25, 0.3) is 0 Å². The van der Waals surface area contributed by atoms with Crippen molar-refractivity contribution in [2.45, 2.75) is 18.3 Å². The van der Waals surface area contributed by atoms with E-state index >= 15 is 0 Å². The molecule has 2 atom stereocenters. The normalized spacial score (nSPS) is 21.6. The Balaban J connectivity index is 2.28. The molecule has 0 spiro atoms. The highest BCUT2D eigenvalue weighted by Crippen LogP contribution is 2.38. The van der Waals surface area contributed by atoms with Crippen molar-refractivity contribution in [3.05, 3.63) is 30.1 Å². The topological polar surface area (TPSA) is 70.5 Å². The molecule has 2 rings (SSSR count). The first-order valence-electron chi connectivity index (χ1n) is 5.17. The molecule has 2 unspecified atom stereocenters. The van der Waals surface area contributed by atoms with Crippen molar-refractivity contribution in [1.82, 2.24) is 9.88 Å². The van der Waals surface area contributed by atoms with E-state index in [4.69, 9.17) is 5.11 Å². The number of carboxylic acids is 1. The number of pyridine rings is 1. The molecule has 1 saturated heterocycles. The summed E-state index contributed by atoms with van der Waals surface area (Å²) in [4.78, 5) is 28.3. The van der Waals surface area contributed by atoms with Gasteiger partial charge in [-0.25, -0.2) is 4.79 Å². The predicted molar refractivity (Wildman–Crippen MR) is 63.4 cm³/mol. The summed E-state index contributed by atoms with van der Waals surface area (Å²) in [6.45, 7) is 1.52. The van der Waals surface area contributed by atoms with Gasteiger partial charge in [0, 0.05) is 6.20 Å². The molecule has 1 aliphatic rings. The maximum atomic E-state index is 11.7. The van der Waals surface area contributed by atoms with E-state index in [9.17, 15) is 9.59 Å². The van der Waals surface area contributed by atoms with Crippen LogP contribution in [0.2, 0.25) is 0 Å². The molecular weight excluding hydrogens is 240 g/mol. The molecular formula is C11H12N2O3S. The molecule has 0 saturated carbocycles. The number of nitrogens with zero attached hydrogens (tertiary/aromatic N) is 2. The molecule has 0 aromatic carbocycles. The van der Waals surface area contributed by atoms with Crippen molar-refractivity contribution >= 4 is 23.6 Å². The Bertz CT molecular complexity index is 438. The molecule has 1 fully saturated rings. The van der Waals surface area contributed by atoms with Crippen LogP contribution in [0.25, 0.3) is 0 Å². The zero-order valence-electron chi connectivity index (χ0n) is 9.24. The fourth-order valence-corrected chi connectivity index (χ4v) is 2.94. The Hall–Kier alpha value is -1.56. The first kappa shape index (κ1) is 11.9. The number of carbonyl (C=O) groups excluding carboxylic acids is 1. The third-order valence-corrected chi connectivity index (χ3v) is 3.82. The molecule has 17 heavy (non-hydrogen) atoms. The van der Waals surface area contributed by atoms with Gasteiger partial charge in [0.1, 0.15) is 11.4 Å². The number of thioether (sulfide) groups is 1. The first-order valence-corrected chi connectivity index (χ1v) is 6.22. The van der Waals surface area contributed by atoms with Gasteiger partial charge < -0.3 is 10.0 Å². The van der Waals surface area contributed by atoms with Crippen LogP contribution in [0.1, 0.15) is 18.0 Å². The summed E-state index contributed by atoms with van der Waals surface area (Å²) in [7, 11) is 0. The van der Waals surface area contributed by atoms with Crippen molar-refractivity contribution < 1.29 is 14.7 Å². The maximum Gasteiger partial charge on any atom is 0.326 e. The van der Waals surface area contributed by atoms with Crippen LogP contribution in [0.15, 0.2) is 24.4 Å². The van der Waals surface area contributed by atoms with Crippen molar-refractivity contribution in [3.8, 4) is 0 Å². The average Bonchev–Trinajstić information content (AvgIpc) is 2.71. The lowest BCUT2D eigenvalue weighted by Gasteiger charge is -2.26. The molecule has 5 nitrogen and oxygen atoms in total. The van der Waals surface area contributed by atoms with E-state index in [1.54, 1.807) is 18.3 Å². The second kappa shape index (κ2) is 4.75. The minimum Gasteiger partial charge on any atom is -0.480 e. The van der Waals surface area contributed by atoms with E-state index in [1.165, 1.54) is 23.6 Å². The Morgan fingerprint density at radius 1 is 1.65 bits per heavy atom. The Morgan fingerprint density at radius 3 is 3.00 bits per heavy atom. The largest absolute Gasteiger partial charge is 0.480 e. The molecule has 1 amide bonds. The minimum atomic E-state index is -0.998. The van der Waals surface area contributed by atoms with Crippen LogP contribution in [0, 0.1) is 0 Å². The van der Waals surface area contributed by atoms with E-state index in [-0.39, 0.29) is 11.3 Å². The molecule has 1 aromatic heterocycles. The summed E-state index contributed by atoms with van der Waals surface area (Å²) < 4.78 is 0. The molecule has 1 aromatic rings. The second-order valence-electron chi connectivity index (χ2n) is 3.73. The highest BCUT2D eigenvalue weighted by Gasteiger charge is 2.39. The van der Waals surface area contributed by atoms with Gasteiger partial charge in [0.05, 0.1) is 11.4 Å². The quantitative estimate of drug-likeness (QED) is 0.873. The van der Waals surface area contributed by atoms with Gasteiger partial charge in [0.2, 0.25) is 5.91 Å². The molecule has 0 radical (unpaired) electrons. The van der Waals surface area contributed by atoms with E-state index in [0.717, 1.165) is 5.69 Å². The summed E-state index contributed by atoms with van der Waals surface area (Å²) >= 11 is 1.41. The standard InChI is InChI=1S/C11H12N2O3S/c1-7(11(15)16)13-9(14)6-17-10(13)8-4-2-3-5-12-8/h2-5,7,10H,6H2,1H3,(H,15,16). The zero-order chi connectivity index (χ0) is 12.4. The van der Waals surface area contributed by atoms with Crippen molar-refractivity contribution in [2.75, 3.05) is 5.75 Å². The van der Waals surface area contributed by atoms with E-state index < -0.39 is 12.0 Å². The number of aromatic nitrogens is 1. The first-order chi connectivity index (χ1) is 8.11. The SMILES string of the molecule is CC(C(=O)O)N1C(=O)CSC1c1ccccn1.